The lowest BCUT2D eigenvalue weighted by Gasteiger charge is -2.22. The molecule has 2 aromatic carbocycles. The van der Waals surface area contributed by atoms with Crippen LogP contribution in [0.4, 0.5) is 9.59 Å². The van der Waals surface area contributed by atoms with Crippen molar-refractivity contribution in [3.63, 3.8) is 0 Å². The lowest BCUT2D eigenvalue weighted by Crippen LogP contribution is -2.43. The van der Waals surface area contributed by atoms with Crippen molar-refractivity contribution in [2.24, 2.45) is 0 Å². The Morgan fingerprint density at radius 3 is 2.26 bits per heavy atom. The van der Waals surface area contributed by atoms with Crippen LogP contribution in [0.3, 0.4) is 0 Å². The van der Waals surface area contributed by atoms with E-state index in [1.54, 1.807) is 12.1 Å². The smallest absolute Gasteiger partial charge is 0.381 e. The molecule has 1 saturated heterocycles. The van der Waals surface area contributed by atoms with E-state index < -0.39 is 18.2 Å². The van der Waals surface area contributed by atoms with Gasteiger partial charge < -0.3 is 20.1 Å². The molecule has 2 amide bonds. The molecule has 2 N–H and O–H groups in total. The largest absolute Gasteiger partial charge is 0.417 e. The quantitative estimate of drug-likeness (QED) is 0.716. The van der Waals surface area contributed by atoms with E-state index in [0.29, 0.717) is 31.6 Å². The third-order valence-corrected chi connectivity index (χ3v) is 4.92. The molecule has 1 aliphatic heterocycles. The number of carbonyl (C=O) groups is 2. The van der Waals surface area contributed by atoms with Gasteiger partial charge in [-0.2, -0.15) is 10.5 Å². The van der Waals surface area contributed by atoms with Crippen molar-refractivity contribution in [1.82, 2.24) is 10.6 Å². The second-order valence-electron chi connectivity index (χ2n) is 7.12. The second-order valence-corrected chi connectivity index (χ2v) is 7.12. The molecule has 0 unspecified atom stereocenters. The first-order chi connectivity index (χ1) is 15.1. The number of alkyl carbamates (subject to hydrolysis) is 2. The van der Waals surface area contributed by atoms with E-state index in [4.69, 9.17) is 14.7 Å². The van der Waals surface area contributed by atoms with Gasteiger partial charge in [-0.25, -0.2) is 9.59 Å². The van der Waals surface area contributed by atoms with Crippen LogP contribution in [-0.4, -0.2) is 37.5 Å². The van der Waals surface area contributed by atoms with E-state index in [-0.39, 0.29) is 12.5 Å². The zero-order valence-electron chi connectivity index (χ0n) is 16.8. The summed E-state index contributed by atoms with van der Waals surface area (Å²) in [7, 11) is 0. The molecule has 158 valence electrons. The monoisotopic (exact) mass is 420 g/mol. The second kappa shape index (κ2) is 10.8. The Morgan fingerprint density at radius 1 is 1.06 bits per heavy atom. The topological polar surface area (TPSA) is 124 Å². The maximum Gasteiger partial charge on any atom is 0.417 e. The van der Waals surface area contributed by atoms with Gasteiger partial charge in [-0.3, -0.25) is 0 Å². The Morgan fingerprint density at radius 2 is 1.68 bits per heavy atom. The minimum absolute atomic E-state index is 0.0876. The average Bonchev–Trinajstić information content (AvgIpc) is 2.79. The predicted molar refractivity (Wildman–Crippen MR) is 112 cm³/mol. The summed E-state index contributed by atoms with van der Waals surface area (Å²) in [6, 6.07) is 17.9. The molecule has 1 atom stereocenters. The first kappa shape index (κ1) is 21.8. The normalized spacial score (nSPS) is 14.5. The summed E-state index contributed by atoms with van der Waals surface area (Å²) in [5, 5.41) is 23.3. The zero-order chi connectivity index (χ0) is 22.1. The number of nitrogens with one attached hydrogen (secondary N) is 2. The van der Waals surface area contributed by atoms with Crippen LogP contribution in [0.5, 0.6) is 0 Å². The van der Waals surface area contributed by atoms with Crippen molar-refractivity contribution in [3.05, 3.63) is 59.7 Å². The highest BCUT2D eigenvalue weighted by atomic mass is 16.6. The van der Waals surface area contributed by atoms with Crippen LogP contribution in [0, 0.1) is 22.7 Å². The van der Waals surface area contributed by atoms with E-state index in [9.17, 15) is 14.9 Å². The highest BCUT2D eigenvalue weighted by Crippen LogP contribution is 2.20. The molecule has 8 heteroatoms. The van der Waals surface area contributed by atoms with Gasteiger partial charge in [-0.15, -0.1) is 0 Å². The number of nitriles is 2. The molecule has 1 aliphatic rings. The lowest BCUT2D eigenvalue weighted by atomic mass is 10.0. The lowest BCUT2D eigenvalue weighted by molar-refractivity contribution is 0.0759. The van der Waals surface area contributed by atoms with Gasteiger partial charge >= 0.3 is 12.2 Å². The van der Waals surface area contributed by atoms with Gasteiger partial charge in [0.2, 0.25) is 0 Å². The number of nitrogens with zero attached hydrogens (tertiary/aromatic N) is 2. The summed E-state index contributed by atoms with van der Waals surface area (Å²) in [6.07, 6.45) is -0.217. The van der Waals surface area contributed by atoms with Gasteiger partial charge in [-0.05, 0) is 41.7 Å². The number of carbonyl (C=O) groups excluding carboxylic acids is 2. The highest BCUT2D eigenvalue weighted by molar-refractivity contribution is 5.83. The number of hydrogen-bond acceptors (Lipinski definition) is 6. The van der Waals surface area contributed by atoms with Crippen LogP contribution in [0.2, 0.25) is 0 Å². The molecule has 0 radical (unpaired) electrons. The molecule has 1 fully saturated rings. The molecule has 0 saturated carbocycles. The number of ether oxygens (including phenoxy) is 2. The van der Waals surface area contributed by atoms with Gasteiger partial charge in [0.15, 0.2) is 0 Å². The van der Waals surface area contributed by atoms with Crippen molar-refractivity contribution in [3.8, 4) is 23.3 Å². The molecular formula is C23H22N4O4. The van der Waals surface area contributed by atoms with Gasteiger partial charge in [-0.1, -0.05) is 36.4 Å². The van der Waals surface area contributed by atoms with Gasteiger partial charge in [0, 0.05) is 25.7 Å². The summed E-state index contributed by atoms with van der Waals surface area (Å²) in [5.74, 6) is 0. The van der Waals surface area contributed by atoms with E-state index in [2.05, 4.69) is 16.7 Å². The van der Waals surface area contributed by atoms with Crippen molar-refractivity contribution < 1.29 is 19.1 Å². The maximum absolute atomic E-state index is 12.0. The number of rotatable bonds is 5. The minimum atomic E-state index is -0.967. The van der Waals surface area contributed by atoms with Crippen LogP contribution >= 0.6 is 0 Å². The molecular weight excluding hydrogens is 398 g/mol. The van der Waals surface area contributed by atoms with Crippen LogP contribution in [0.1, 0.15) is 24.0 Å². The number of amides is 2. The Balaban J connectivity index is 1.50. The fourth-order valence-corrected chi connectivity index (χ4v) is 3.23. The van der Waals surface area contributed by atoms with Crippen LogP contribution in [-0.2, 0) is 15.9 Å². The van der Waals surface area contributed by atoms with Crippen molar-refractivity contribution in [2.45, 2.75) is 31.3 Å². The standard InChI is InChI=1S/C23H22N4O4/c24-14-17-3-7-19(8-4-17)18-5-1-16(2-6-18)13-21(15-25)27-23(29)31-22(28)26-20-9-11-30-12-10-20/h1-8,20-21H,9-13H2,(H,26,28)(H,27,29)/t21-/m0/s1/i14+2. The fourth-order valence-electron chi connectivity index (χ4n) is 3.23. The van der Waals surface area contributed by atoms with Crippen LogP contribution in [0.15, 0.2) is 48.5 Å². The molecule has 0 bridgehead atoms. The van der Waals surface area contributed by atoms with Crippen molar-refractivity contribution in [1.29, 1.82) is 10.5 Å². The molecule has 8 nitrogen and oxygen atoms in total. The van der Waals surface area contributed by atoms with Crippen molar-refractivity contribution in [2.75, 3.05) is 13.2 Å². The summed E-state index contributed by atoms with van der Waals surface area (Å²) >= 11 is 0. The van der Waals surface area contributed by atoms with Gasteiger partial charge in [0.05, 0.1) is 17.7 Å². The molecule has 0 aliphatic carbocycles. The van der Waals surface area contributed by atoms with E-state index in [1.807, 2.05) is 42.5 Å². The summed E-state index contributed by atoms with van der Waals surface area (Å²) < 4.78 is 9.91. The Kier molecular flexibility index (Phi) is 7.58. The molecule has 0 spiro atoms. The summed E-state index contributed by atoms with van der Waals surface area (Å²) in [4.78, 5) is 23.8. The third kappa shape index (κ3) is 6.56. The van der Waals surface area contributed by atoms with E-state index in [0.717, 1.165) is 16.7 Å². The predicted octanol–water partition coefficient (Wildman–Crippen LogP) is 3.27. The van der Waals surface area contributed by atoms with E-state index in [1.165, 1.54) is 0 Å². The van der Waals surface area contributed by atoms with Gasteiger partial charge in [0.25, 0.3) is 0 Å². The maximum atomic E-state index is 12.0. The third-order valence-electron chi connectivity index (χ3n) is 4.92. The van der Waals surface area contributed by atoms with Crippen LogP contribution in [0.25, 0.3) is 11.1 Å². The molecule has 1 heterocycles. The Hall–Kier alpha value is -3.88. The zero-order valence-corrected chi connectivity index (χ0v) is 16.8. The fraction of sp³-hybridized carbons (Fsp3) is 0.304. The molecule has 3 rings (SSSR count). The summed E-state index contributed by atoms with van der Waals surface area (Å²) in [5.41, 5.74) is 3.38. The first-order valence-electron chi connectivity index (χ1n) is 9.93. The average molecular weight is 420 g/mol. The minimum Gasteiger partial charge on any atom is -0.381 e. The molecule has 0 aromatic heterocycles. The first-order valence-corrected chi connectivity index (χ1v) is 9.93. The number of hydrogen-bond donors (Lipinski definition) is 2. The Labute approximate surface area is 180 Å². The number of benzene rings is 2. The summed E-state index contributed by atoms with van der Waals surface area (Å²) in [6.45, 7) is 1.11. The van der Waals surface area contributed by atoms with E-state index >= 15 is 0 Å². The van der Waals surface area contributed by atoms with Crippen LogP contribution < -0.4 is 10.6 Å². The van der Waals surface area contributed by atoms with Crippen molar-refractivity contribution >= 4 is 12.2 Å². The molecule has 2 aromatic rings. The SMILES string of the molecule is N#C[C@H](Cc1ccc(-c2ccc([14C]#N)cc2)cc1)NC(=O)OC(=O)NC1CCOCC1. The Bertz CT molecular complexity index is 984. The van der Waals surface area contributed by atoms with Gasteiger partial charge in [0.1, 0.15) is 6.04 Å². The highest BCUT2D eigenvalue weighted by Gasteiger charge is 2.20. The molecule has 31 heavy (non-hydrogen) atoms.